The largest absolute Gasteiger partial charge is 0.305 e. The fraction of sp³-hybridized carbons (Fsp3) is 0.200. The van der Waals surface area contributed by atoms with Crippen molar-refractivity contribution in [3.05, 3.63) is 95.6 Å². The molecule has 4 rings (SSSR count). The number of nitrogens with zero attached hydrogens (tertiary/aromatic N) is 1. The molecule has 0 fully saturated rings. The van der Waals surface area contributed by atoms with Gasteiger partial charge in [-0.15, -0.1) is 0 Å². The molecule has 3 aromatic carbocycles. The van der Waals surface area contributed by atoms with E-state index in [1.807, 2.05) is 12.1 Å². The third-order valence-corrected chi connectivity index (χ3v) is 5.14. The van der Waals surface area contributed by atoms with Gasteiger partial charge in [0.1, 0.15) is 6.61 Å². The van der Waals surface area contributed by atoms with E-state index in [1.165, 1.54) is 33.0 Å². The average molecular weight is 354 g/mol. The van der Waals surface area contributed by atoms with Crippen molar-refractivity contribution in [3.63, 3.8) is 0 Å². The van der Waals surface area contributed by atoms with Crippen molar-refractivity contribution in [2.45, 2.75) is 12.5 Å². The minimum atomic E-state index is -0.176. The molecule has 0 aromatic heterocycles. The van der Waals surface area contributed by atoms with E-state index in [-0.39, 0.29) is 12.5 Å². The molecule has 0 amide bonds. The van der Waals surface area contributed by atoms with E-state index in [0.717, 1.165) is 12.1 Å². The van der Waals surface area contributed by atoms with Crippen LogP contribution in [0.25, 0.3) is 21.9 Å². The number of likely N-dealkylation sites (N-methyl/N-ethyl adjacent to an activating group) is 1. The van der Waals surface area contributed by atoms with Crippen molar-refractivity contribution in [1.29, 1.82) is 0 Å². The Kier molecular flexibility index (Phi) is 4.93. The van der Waals surface area contributed by atoms with Gasteiger partial charge in [-0.2, -0.15) is 0 Å². The maximum absolute atomic E-state index is 11.2. The van der Waals surface area contributed by atoms with Crippen LogP contribution in [-0.2, 0) is 11.7 Å². The minimum absolute atomic E-state index is 0.176. The summed E-state index contributed by atoms with van der Waals surface area (Å²) >= 11 is 0. The lowest BCUT2D eigenvalue weighted by Crippen LogP contribution is -2.13. The molecule has 0 N–H and O–H groups in total. The van der Waals surface area contributed by atoms with Crippen LogP contribution in [0.5, 0.6) is 0 Å². The molecule has 0 aliphatic heterocycles. The summed E-state index contributed by atoms with van der Waals surface area (Å²) in [5, 5.41) is 13.7. The van der Waals surface area contributed by atoms with Crippen LogP contribution in [0, 0.1) is 0 Å². The smallest absolute Gasteiger partial charge is 0.107 e. The predicted molar refractivity (Wildman–Crippen MR) is 112 cm³/mol. The van der Waals surface area contributed by atoms with Gasteiger partial charge in [-0.25, -0.2) is 5.11 Å². The van der Waals surface area contributed by atoms with Crippen molar-refractivity contribution in [1.82, 2.24) is 4.90 Å². The summed E-state index contributed by atoms with van der Waals surface area (Å²) < 4.78 is 0. The Morgan fingerprint density at radius 2 is 1.70 bits per heavy atom. The first-order valence-electron chi connectivity index (χ1n) is 9.38. The van der Waals surface area contributed by atoms with Crippen LogP contribution in [0.15, 0.2) is 84.5 Å². The van der Waals surface area contributed by atoms with Crippen LogP contribution in [0.3, 0.4) is 0 Å². The quantitative estimate of drug-likeness (QED) is 0.587. The van der Waals surface area contributed by atoms with Gasteiger partial charge in [0.2, 0.25) is 0 Å². The zero-order valence-electron chi connectivity index (χ0n) is 15.9. The molecule has 2 nitrogen and oxygen atoms in total. The molecule has 0 bridgehead atoms. The van der Waals surface area contributed by atoms with E-state index in [0.29, 0.717) is 0 Å². The Morgan fingerprint density at radius 1 is 0.926 bits per heavy atom. The van der Waals surface area contributed by atoms with E-state index < -0.39 is 0 Å². The zero-order chi connectivity index (χ0) is 18.8. The van der Waals surface area contributed by atoms with Crippen LogP contribution in [0.2, 0.25) is 0 Å². The fourth-order valence-corrected chi connectivity index (χ4v) is 3.89. The highest BCUT2D eigenvalue weighted by Gasteiger charge is 2.18. The van der Waals surface area contributed by atoms with Gasteiger partial charge in [-0.05, 0) is 52.7 Å². The summed E-state index contributed by atoms with van der Waals surface area (Å²) in [6.45, 7) is 0.777. The molecule has 27 heavy (non-hydrogen) atoms. The fourth-order valence-electron chi connectivity index (χ4n) is 3.89. The molecule has 1 aliphatic carbocycles. The molecule has 1 unspecified atom stereocenters. The molecular weight excluding hydrogens is 330 g/mol. The highest BCUT2D eigenvalue weighted by Crippen LogP contribution is 2.39. The predicted octanol–water partition coefficient (Wildman–Crippen LogP) is 5.58. The summed E-state index contributed by atoms with van der Waals surface area (Å²) in [6.07, 6.45) is 6.89. The van der Waals surface area contributed by atoms with Crippen LogP contribution in [-0.4, -0.2) is 25.5 Å². The molecule has 1 radical (unpaired) electrons. The maximum Gasteiger partial charge on any atom is 0.107 e. The molecule has 3 aromatic rings. The van der Waals surface area contributed by atoms with Crippen molar-refractivity contribution >= 4 is 10.8 Å². The van der Waals surface area contributed by atoms with Crippen LogP contribution in [0.1, 0.15) is 17.0 Å². The van der Waals surface area contributed by atoms with Crippen molar-refractivity contribution in [2.24, 2.45) is 0 Å². The molecule has 0 heterocycles. The van der Waals surface area contributed by atoms with Gasteiger partial charge >= 0.3 is 0 Å². The second-order valence-corrected chi connectivity index (χ2v) is 7.46. The van der Waals surface area contributed by atoms with Gasteiger partial charge in [-0.3, -0.25) is 0 Å². The number of hydrogen-bond donors (Lipinski definition) is 0. The number of hydrogen-bond acceptors (Lipinski definition) is 1. The monoisotopic (exact) mass is 354 g/mol. The molecule has 1 atom stereocenters. The van der Waals surface area contributed by atoms with E-state index >= 15 is 0 Å². The zero-order valence-corrected chi connectivity index (χ0v) is 15.9. The second-order valence-electron chi connectivity index (χ2n) is 7.46. The normalized spacial score (nSPS) is 16.3. The lowest BCUT2D eigenvalue weighted by Gasteiger charge is -2.17. The summed E-state index contributed by atoms with van der Waals surface area (Å²) in [7, 11) is 4.20. The van der Waals surface area contributed by atoms with Crippen molar-refractivity contribution < 1.29 is 5.11 Å². The van der Waals surface area contributed by atoms with Gasteiger partial charge in [0, 0.05) is 12.5 Å². The molecule has 0 saturated carbocycles. The minimum Gasteiger partial charge on any atom is -0.305 e. The summed E-state index contributed by atoms with van der Waals surface area (Å²) in [5.41, 5.74) is 5.93. The Hall–Kier alpha value is -2.68. The van der Waals surface area contributed by atoms with Crippen molar-refractivity contribution in [3.8, 4) is 11.1 Å². The average Bonchev–Trinajstić information content (AvgIpc) is 3.14. The van der Waals surface area contributed by atoms with E-state index in [4.69, 9.17) is 0 Å². The Bertz CT molecular complexity index is 1010. The lowest BCUT2D eigenvalue weighted by atomic mass is 9.87. The first kappa shape index (κ1) is 17.7. The SMILES string of the molecule is CN(C)CC1=CC(c2ccc3ccccc3c2-c2ccc(C[O])cc2)C=C1. The van der Waals surface area contributed by atoms with E-state index in [2.05, 4.69) is 85.8 Å². The first-order chi connectivity index (χ1) is 13.2. The molecule has 0 spiro atoms. The van der Waals surface area contributed by atoms with Crippen LogP contribution < -0.4 is 0 Å². The van der Waals surface area contributed by atoms with Crippen LogP contribution in [0.4, 0.5) is 0 Å². The maximum atomic E-state index is 11.2. The topological polar surface area (TPSA) is 23.1 Å². The Morgan fingerprint density at radius 3 is 2.44 bits per heavy atom. The molecule has 135 valence electrons. The highest BCUT2D eigenvalue weighted by molar-refractivity contribution is 5.98. The molecule has 0 saturated heterocycles. The molecule has 1 aliphatic rings. The van der Waals surface area contributed by atoms with Gasteiger partial charge < -0.3 is 4.90 Å². The van der Waals surface area contributed by atoms with E-state index in [1.54, 1.807) is 0 Å². The lowest BCUT2D eigenvalue weighted by molar-refractivity contribution is 0.177. The van der Waals surface area contributed by atoms with Gasteiger partial charge in [0.15, 0.2) is 0 Å². The number of benzene rings is 3. The number of fused-ring (bicyclic) bond motifs is 1. The summed E-state index contributed by atoms with van der Waals surface area (Å²) in [5.74, 6) is 0.277. The van der Waals surface area contributed by atoms with Gasteiger partial charge in [0.25, 0.3) is 0 Å². The third kappa shape index (κ3) is 3.59. The third-order valence-electron chi connectivity index (χ3n) is 5.14. The number of rotatable bonds is 5. The van der Waals surface area contributed by atoms with Gasteiger partial charge in [0.05, 0.1) is 0 Å². The highest BCUT2D eigenvalue weighted by atomic mass is 16.3. The van der Waals surface area contributed by atoms with Crippen molar-refractivity contribution in [2.75, 3.05) is 20.6 Å². The van der Waals surface area contributed by atoms with Crippen LogP contribution >= 0.6 is 0 Å². The second kappa shape index (κ2) is 7.51. The van der Waals surface area contributed by atoms with E-state index in [9.17, 15) is 5.11 Å². The van der Waals surface area contributed by atoms with Gasteiger partial charge in [-0.1, -0.05) is 78.9 Å². The molecule has 2 heteroatoms. The Balaban J connectivity index is 1.86. The first-order valence-corrected chi connectivity index (χ1v) is 9.38. The molecular formula is C25H24NO. The Labute approximate surface area is 161 Å². The summed E-state index contributed by atoms with van der Waals surface area (Å²) in [4.78, 5) is 2.20. The summed E-state index contributed by atoms with van der Waals surface area (Å²) in [6, 6.07) is 21.1. The number of allylic oxidation sites excluding steroid dienone is 2. The standard InChI is InChI=1S/C25H24NO/c1-26(2)16-19-9-12-22(15-19)24-14-13-20-5-3-4-6-23(20)25(24)21-10-7-18(17-27)8-11-21/h3-15,22H,16-17H2,1-2H3.